The third-order valence-corrected chi connectivity index (χ3v) is 10.1. The van der Waals surface area contributed by atoms with E-state index in [0.29, 0.717) is 21.7 Å². The van der Waals surface area contributed by atoms with Crippen molar-refractivity contribution in [3.8, 4) is 0 Å². The molecule has 0 bridgehead atoms. The van der Waals surface area contributed by atoms with E-state index in [4.69, 9.17) is 0 Å². The molecule has 0 amide bonds. The molecule has 0 aromatic carbocycles. The SMILES string of the molecule is CC1(C)[C@@H]2CC[C@@]3(C)[C@]4(C)CC[C@H]5C(C)(C)[C@]54[C@]213. The molecule has 5 aliphatic rings. The second kappa shape index (κ2) is 2.06. The van der Waals surface area contributed by atoms with Gasteiger partial charge in [-0.25, -0.2) is 0 Å². The van der Waals surface area contributed by atoms with Crippen molar-refractivity contribution in [2.75, 3.05) is 0 Å². The van der Waals surface area contributed by atoms with Crippen molar-refractivity contribution in [1.29, 1.82) is 0 Å². The maximum Gasteiger partial charge on any atom is -0.00806 e. The second-order valence-electron chi connectivity index (χ2n) is 9.91. The number of fused-ring (bicyclic) bond motifs is 1. The third-order valence-electron chi connectivity index (χ3n) is 10.1. The van der Waals surface area contributed by atoms with E-state index in [1.165, 1.54) is 25.7 Å². The zero-order valence-corrected chi connectivity index (χ0v) is 13.0. The van der Waals surface area contributed by atoms with Crippen molar-refractivity contribution < 1.29 is 0 Å². The van der Waals surface area contributed by atoms with Crippen molar-refractivity contribution >= 4 is 0 Å². The lowest BCUT2D eigenvalue weighted by molar-refractivity contribution is -0.247. The molecule has 5 rings (SSSR count). The van der Waals surface area contributed by atoms with Gasteiger partial charge in [-0.2, -0.15) is 0 Å². The van der Waals surface area contributed by atoms with Crippen molar-refractivity contribution in [1.82, 2.24) is 0 Å². The molecule has 0 saturated heterocycles. The van der Waals surface area contributed by atoms with Crippen LogP contribution in [0.4, 0.5) is 0 Å². The number of rotatable bonds is 0. The van der Waals surface area contributed by atoms with Crippen molar-refractivity contribution in [3.05, 3.63) is 0 Å². The van der Waals surface area contributed by atoms with Gasteiger partial charge in [0.15, 0.2) is 0 Å². The fourth-order valence-corrected chi connectivity index (χ4v) is 10.1. The Morgan fingerprint density at radius 1 is 0.611 bits per heavy atom. The molecule has 5 saturated carbocycles. The van der Waals surface area contributed by atoms with E-state index in [1.807, 2.05) is 0 Å². The molecule has 0 heterocycles. The molecule has 0 unspecified atom stereocenters. The minimum absolute atomic E-state index is 0.649. The van der Waals surface area contributed by atoms with E-state index in [1.54, 1.807) is 0 Å². The lowest BCUT2D eigenvalue weighted by atomic mass is 9.32. The van der Waals surface area contributed by atoms with Gasteiger partial charge in [-0.3, -0.25) is 0 Å². The Morgan fingerprint density at radius 2 is 0.944 bits per heavy atom. The van der Waals surface area contributed by atoms with Gasteiger partial charge in [-0.1, -0.05) is 41.5 Å². The summed E-state index contributed by atoms with van der Waals surface area (Å²) in [7, 11) is 0. The van der Waals surface area contributed by atoms with E-state index in [2.05, 4.69) is 41.5 Å². The molecule has 0 aliphatic heterocycles. The van der Waals surface area contributed by atoms with Gasteiger partial charge in [-0.05, 0) is 70.0 Å². The number of hydrogen-bond acceptors (Lipinski definition) is 0. The van der Waals surface area contributed by atoms with Gasteiger partial charge >= 0.3 is 0 Å². The summed E-state index contributed by atoms with van der Waals surface area (Å²) in [6.45, 7) is 15.8. The van der Waals surface area contributed by atoms with Crippen LogP contribution in [0.5, 0.6) is 0 Å². The normalized spacial score (nSPS) is 71.7. The van der Waals surface area contributed by atoms with Crippen LogP contribution in [-0.4, -0.2) is 0 Å². The predicted octanol–water partition coefficient (Wildman–Crippen LogP) is 4.89. The van der Waals surface area contributed by atoms with Crippen LogP contribution < -0.4 is 0 Å². The van der Waals surface area contributed by atoms with Crippen LogP contribution in [0, 0.1) is 44.3 Å². The van der Waals surface area contributed by atoms with Crippen molar-refractivity contribution in [2.24, 2.45) is 44.3 Å². The molecule has 100 valence electrons. The Morgan fingerprint density at radius 3 is 1.22 bits per heavy atom. The lowest BCUT2D eigenvalue weighted by Crippen LogP contribution is -2.67. The Bertz CT molecular complexity index is 454. The maximum atomic E-state index is 2.68. The molecule has 5 aliphatic carbocycles. The van der Waals surface area contributed by atoms with E-state index in [9.17, 15) is 0 Å². The summed E-state index contributed by atoms with van der Waals surface area (Å²) in [4.78, 5) is 0. The van der Waals surface area contributed by atoms with E-state index < -0.39 is 0 Å². The first kappa shape index (κ1) is 10.7. The van der Waals surface area contributed by atoms with E-state index in [0.717, 1.165) is 22.7 Å². The van der Waals surface area contributed by atoms with E-state index >= 15 is 0 Å². The molecule has 2 spiro atoms. The van der Waals surface area contributed by atoms with Gasteiger partial charge in [0.2, 0.25) is 0 Å². The predicted molar refractivity (Wildman–Crippen MR) is 74.1 cm³/mol. The summed E-state index contributed by atoms with van der Waals surface area (Å²) >= 11 is 0. The van der Waals surface area contributed by atoms with Crippen LogP contribution in [0.25, 0.3) is 0 Å². The smallest absolute Gasteiger partial charge is 0.00806 e. The fourth-order valence-electron chi connectivity index (χ4n) is 10.1. The monoisotopic (exact) mass is 244 g/mol. The van der Waals surface area contributed by atoms with Crippen molar-refractivity contribution in [2.45, 2.75) is 67.2 Å². The van der Waals surface area contributed by atoms with Crippen LogP contribution in [-0.2, 0) is 0 Å². The molecule has 0 radical (unpaired) electrons. The van der Waals surface area contributed by atoms with Crippen LogP contribution in [0.2, 0.25) is 0 Å². The summed E-state index contributed by atoms with van der Waals surface area (Å²) < 4.78 is 0. The van der Waals surface area contributed by atoms with Gasteiger partial charge in [0.25, 0.3) is 0 Å². The highest BCUT2D eigenvalue weighted by Gasteiger charge is 3.08. The van der Waals surface area contributed by atoms with Crippen molar-refractivity contribution in [3.63, 3.8) is 0 Å². The summed E-state index contributed by atoms with van der Waals surface area (Å²) in [6, 6.07) is 0. The minimum Gasteiger partial charge on any atom is -0.0590 e. The Balaban J connectivity index is 1.82. The van der Waals surface area contributed by atoms with Gasteiger partial charge in [0.1, 0.15) is 0 Å². The topological polar surface area (TPSA) is 0 Å². The molecule has 0 nitrogen and oxygen atoms in total. The molecule has 5 fully saturated rings. The van der Waals surface area contributed by atoms with Gasteiger partial charge in [0, 0.05) is 0 Å². The molecule has 0 aromatic rings. The standard InChI is InChI=1S/C18H28/c1-13(2)11-7-9-15(5)16(6)10-8-12-14(3,4)18(12,16)17(11,13)15/h11-12H,7-10H2,1-6H3/t11-,12-,15-,16-,17+,18+/m0/s1. The average Bonchev–Trinajstić information content (AvgIpc) is 2.80. The average molecular weight is 244 g/mol. The maximum absolute atomic E-state index is 2.68. The largest absolute Gasteiger partial charge is 0.0590 e. The molecule has 18 heavy (non-hydrogen) atoms. The highest BCUT2D eigenvalue weighted by atomic mass is 15.1. The highest BCUT2D eigenvalue weighted by Crippen LogP contribution is 3.12. The quantitative estimate of drug-likeness (QED) is 0.569. The molecule has 0 aromatic heterocycles. The lowest BCUT2D eigenvalue weighted by Gasteiger charge is -2.71. The van der Waals surface area contributed by atoms with Crippen LogP contribution >= 0.6 is 0 Å². The van der Waals surface area contributed by atoms with Gasteiger partial charge < -0.3 is 0 Å². The highest BCUT2D eigenvalue weighted by molar-refractivity contribution is 5.54. The minimum atomic E-state index is 0.649. The molecule has 6 atom stereocenters. The zero-order chi connectivity index (χ0) is 13.0. The van der Waals surface area contributed by atoms with Gasteiger partial charge in [-0.15, -0.1) is 0 Å². The summed E-state index contributed by atoms with van der Waals surface area (Å²) in [5.74, 6) is 2.12. The Labute approximate surface area is 112 Å². The fraction of sp³-hybridized carbons (Fsp3) is 1.00. The first-order chi connectivity index (χ1) is 8.18. The Hall–Kier alpha value is 0. The summed E-state index contributed by atoms with van der Waals surface area (Å²) in [6.07, 6.45) is 6.12. The van der Waals surface area contributed by atoms with Crippen LogP contribution in [0.3, 0.4) is 0 Å². The zero-order valence-electron chi connectivity index (χ0n) is 13.0. The van der Waals surface area contributed by atoms with Crippen LogP contribution in [0.1, 0.15) is 67.2 Å². The molecular weight excluding hydrogens is 216 g/mol. The van der Waals surface area contributed by atoms with Gasteiger partial charge in [0.05, 0.1) is 0 Å². The van der Waals surface area contributed by atoms with E-state index in [-0.39, 0.29) is 0 Å². The summed E-state index contributed by atoms with van der Waals surface area (Å²) in [5, 5.41) is 0. The first-order valence-corrected chi connectivity index (χ1v) is 8.18. The third kappa shape index (κ3) is 0.487. The Kier molecular flexibility index (Phi) is 1.23. The molecular formula is C18H28. The molecule has 0 heteroatoms. The number of hydrogen-bond donors (Lipinski definition) is 0. The summed E-state index contributed by atoms with van der Waals surface area (Å²) in [5.41, 5.74) is 4.14. The molecule has 0 N–H and O–H groups in total. The van der Waals surface area contributed by atoms with Crippen LogP contribution in [0.15, 0.2) is 0 Å². The first-order valence-electron chi connectivity index (χ1n) is 8.18. The second-order valence-corrected chi connectivity index (χ2v) is 9.91.